The minimum Gasteiger partial charge on any atom is -0.241 e. The molecule has 1 aromatic rings. The van der Waals surface area contributed by atoms with Crippen molar-refractivity contribution in [3.05, 3.63) is 23.3 Å². The summed E-state index contributed by atoms with van der Waals surface area (Å²) < 4.78 is 0. The first-order valence-corrected chi connectivity index (χ1v) is 9.07. The molecule has 2 nitrogen and oxygen atoms in total. The summed E-state index contributed by atoms with van der Waals surface area (Å²) in [5.74, 6) is 2.69. The molecule has 1 saturated carbocycles. The summed E-state index contributed by atoms with van der Waals surface area (Å²) in [5, 5.41) is 0. The number of hydrogen-bond acceptors (Lipinski definition) is 2. The first kappa shape index (κ1) is 16.5. The summed E-state index contributed by atoms with van der Waals surface area (Å²) in [6.45, 7) is 6.65. The Morgan fingerprint density at radius 1 is 1.05 bits per heavy atom. The molecule has 0 atom stereocenters. The van der Waals surface area contributed by atoms with Gasteiger partial charge < -0.3 is 0 Å². The molecule has 2 heteroatoms. The van der Waals surface area contributed by atoms with Crippen LogP contribution in [0.25, 0.3) is 0 Å². The topological polar surface area (TPSA) is 25.8 Å². The van der Waals surface area contributed by atoms with Gasteiger partial charge in [-0.15, -0.1) is 0 Å². The monoisotopic (exact) mass is 288 g/mol. The third-order valence-electron chi connectivity index (χ3n) is 5.05. The van der Waals surface area contributed by atoms with Gasteiger partial charge >= 0.3 is 0 Å². The van der Waals surface area contributed by atoms with E-state index in [1.54, 1.807) is 0 Å². The molecule has 0 saturated heterocycles. The van der Waals surface area contributed by atoms with Crippen LogP contribution in [-0.4, -0.2) is 9.97 Å². The molecule has 0 spiro atoms. The maximum absolute atomic E-state index is 4.80. The Hall–Kier alpha value is -0.920. The molecule has 0 bridgehead atoms. The lowest BCUT2D eigenvalue weighted by Gasteiger charge is -2.27. The van der Waals surface area contributed by atoms with Crippen LogP contribution in [0.5, 0.6) is 0 Å². The van der Waals surface area contributed by atoms with Crippen LogP contribution < -0.4 is 0 Å². The molecule has 0 N–H and O–H groups in total. The van der Waals surface area contributed by atoms with Crippen molar-refractivity contribution in [2.75, 3.05) is 0 Å². The third-order valence-corrected chi connectivity index (χ3v) is 5.05. The first-order chi connectivity index (χ1) is 10.2. The molecule has 118 valence electrons. The Morgan fingerprint density at radius 3 is 2.43 bits per heavy atom. The molecule has 0 aromatic carbocycles. The van der Waals surface area contributed by atoms with E-state index in [1.807, 2.05) is 0 Å². The van der Waals surface area contributed by atoms with Crippen LogP contribution in [0.2, 0.25) is 0 Å². The Labute approximate surface area is 130 Å². The molecule has 2 rings (SSSR count). The van der Waals surface area contributed by atoms with E-state index >= 15 is 0 Å². The second kappa shape index (κ2) is 8.51. The number of nitrogens with zero attached hydrogens (tertiary/aromatic N) is 2. The molecule has 1 fully saturated rings. The van der Waals surface area contributed by atoms with Crippen molar-refractivity contribution in [3.63, 3.8) is 0 Å². The van der Waals surface area contributed by atoms with Gasteiger partial charge in [0.25, 0.3) is 0 Å². The van der Waals surface area contributed by atoms with E-state index in [0.717, 1.165) is 18.2 Å². The van der Waals surface area contributed by atoms with Crippen molar-refractivity contribution < 1.29 is 0 Å². The SMILES string of the molecule is CCCCCC1CCC(c2ncc(CCC)c(C)n2)CC1. The van der Waals surface area contributed by atoms with E-state index in [4.69, 9.17) is 4.98 Å². The maximum Gasteiger partial charge on any atom is 0.131 e. The minimum absolute atomic E-state index is 0.613. The summed E-state index contributed by atoms with van der Waals surface area (Å²) in [5.41, 5.74) is 2.53. The van der Waals surface area contributed by atoms with Gasteiger partial charge in [-0.1, -0.05) is 46.0 Å². The van der Waals surface area contributed by atoms with Crippen LogP contribution >= 0.6 is 0 Å². The van der Waals surface area contributed by atoms with E-state index < -0.39 is 0 Å². The van der Waals surface area contributed by atoms with Gasteiger partial charge in [-0.2, -0.15) is 0 Å². The van der Waals surface area contributed by atoms with Gasteiger partial charge in [-0.25, -0.2) is 9.97 Å². The van der Waals surface area contributed by atoms with Crippen LogP contribution in [0.1, 0.15) is 94.6 Å². The van der Waals surface area contributed by atoms with Crippen LogP contribution in [0, 0.1) is 12.8 Å². The van der Waals surface area contributed by atoms with Gasteiger partial charge in [0, 0.05) is 17.8 Å². The summed E-state index contributed by atoms with van der Waals surface area (Å²) >= 11 is 0. The van der Waals surface area contributed by atoms with Crippen LogP contribution in [0.15, 0.2) is 6.20 Å². The molecule has 1 aromatic heterocycles. The number of unbranched alkanes of at least 4 members (excludes halogenated alkanes) is 2. The highest BCUT2D eigenvalue weighted by atomic mass is 14.9. The first-order valence-electron chi connectivity index (χ1n) is 9.07. The largest absolute Gasteiger partial charge is 0.241 e. The lowest BCUT2D eigenvalue weighted by molar-refractivity contribution is 0.297. The lowest BCUT2D eigenvalue weighted by Crippen LogP contribution is -2.16. The molecule has 1 heterocycles. The molecule has 21 heavy (non-hydrogen) atoms. The van der Waals surface area contributed by atoms with Crippen molar-refractivity contribution in [3.8, 4) is 0 Å². The van der Waals surface area contributed by atoms with Gasteiger partial charge in [0.15, 0.2) is 0 Å². The molecule has 0 aliphatic heterocycles. The van der Waals surface area contributed by atoms with Crippen molar-refractivity contribution in [1.29, 1.82) is 0 Å². The fourth-order valence-corrected chi connectivity index (χ4v) is 3.61. The van der Waals surface area contributed by atoms with E-state index in [0.29, 0.717) is 5.92 Å². The molecular weight excluding hydrogens is 256 g/mol. The van der Waals surface area contributed by atoms with E-state index in [2.05, 4.69) is 32.0 Å². The smallest absolute Gasteiger partial charge is 0.131 e. The highest BCUT2D eigenvalue weighted by molar-refractivity contribution is 5.17. The summed E-state index contributed by atoms with van der Waals surface area (Å²) in [7, 11) is 0. The van der Waals surface area contributed by atoms with Gasteiger partial charge in [0.2, 0.25) is 0 Å². The van der Waals surface area contributed by atoms with E-state index in [9.17, 15) is 0 Å². The molecule has 1 aliphatic rings. The second-order valence-corrected chi connectivity index (χ2v) is 6.80. The fourth-order valence-electron chi connectivity index (χ4n) is 3.61. The number of rotatable bonds is 7. The predicted octanol–water partition coefficient (Wildman–Crippen LogP) is 5.59. The summed E-state index contributed by atoms with van der Waals surface area (Å²) in [4.78, 5) is 9.48. The second-order valence-electron chi connectivity index (χ2n) is 6.80. The Balaban J connectivity index is 1.85. The highest BCUT2D eigenvalue weighted by Gasteiger charge is 2.24. The van der Waals surface area contributed by atoms with Crippen molar-refractivity contribution in [2.45, 2.75) is 90.9 Å². The van der Waals surface area contributed by atoms with Gasteiger partial charge in [0.1, 0.15) is 5.82 Å². The zero-order valence-electron chi connectivity index (χ0n) is 14.2. The average Bonchev–Trinajstić information content (AvgIpc) is 2.50. The Morgan fingerprint density at radius 2 is 1.81 bits per heavy atom. The zero-order valence-corrected chi connectivity index (χ0v) is 14.2. The van der Waals surface area contributed by atoms with Crippen LogP contribution in [0.4, 0.5) is 0 Å². The van der Waals surface area contributed by atoms with E-state index in [1.165, 1.54) is 69.0 Å². The third kappa shape index (κ3) is 4.79. The Bertz CT molecular complexity index is 420. The van der Waals surface area contributed by atoms with Crippen molar-refractivity contribution in [2.24, 2.45) is 5.92 Å². The molecule has 0 radical (unpaired) electrons. The van der Waals surface area contributed by atoms with Crippen molar-refractivity contribution >= 4 is 0 Å². The Kier molecular flexibility index (Phi) is 6.66. The average molecular weight is 288 g/mol. The molecule has 0 unspecified atom stereocenters. The standard InChI is InChI=1S/C19H32N2/c1-4-6-7-9-16-10-12-17(13-11-16)19-20-14-18(8-5-2)15(3)21-19/h14,16-17H,4-13H2,1-3H3. The van der Waals surface area contributed by atoms with Crippen LogP contribution in [-0.2, 0) is 6.42 Å². The predicted molar refractivity (Wildman–Crippen MR) is 89.6 cm³/mol. The molecule has 0 amide bonds. The number of aryl methyl sites for hydroxylation is 2. The van der Waals surface area contributed by atoms with E-state index in [-0.39, 0.29) is 0 Å². The molecular formula is C19H32N2. The quantitative estimate of drug-likeness (QED) is 0.611. The lowest BCUT2D eigenvalue weighted by atomic mass is 9.79. The normalized spacial score (nSPS) is 22.4. The fraction of sp³-hybridized carbons (Fsp3) is 0.789. The van der Waals surface area contributed by atoms with Crippen LogP contribution in [0.3, 0.4) is 0 Å². The van der Waals surface area contributed by atoms with Gasteiger partial charge in [0.05, 0.1) is 0 Å². The van der Waals surface area contributed by atoms with Gasteiger partial charge in [-0.3, -0.25) is 0 Å². The molecule has 1 aliphatic carbocycles. The highest BCUT2D eigenvalue weighted by Crippen LogP contribution is 2.36. The maximum atomic E-state index is 4.80. The zero-order chi connectivity index (χ0) is 15.1. The minimum atomic E-state index is 0.613. The van der Waals surface area contributed by atoms with Gasteiger partial charge in [-0.05, 0) is 50.5 Å². The number of aromatic nitrogens is 2. The summed E-state index contributed by atoms with van der Waals surface area (Å²) in [6.07, 6.45) is 15.3. The number of hydrogen-bond donors (Lipinski definition) is 0. The van der Waals surface area contributed by atoms with Crippen molar-refractivity contribution in [1.82, 2.24) is 9.97 Å². The summed E-state index contributed by atoms with van der Waals surface area (Å²) in [6, 6.07) is 0.